The molecular formula is C26H36N4O6S. The van der Waals surface area contributed by atoms with E-state index in [9.17, 15) is 28.1 Å². The number of nitro groups is 1. The van der Waals surface area contributed by atoms with Crippen LogP contribution in [0.3, 0.4) is 0 Å². The molecule has 2 rings (SSSR count). The number of amides is 2. The summed E-state index contributed by atoms with van der Waals surface area (Å²) in [6, 6.07) is 12.4. The van der Waals surface area contributed by atoms with Crippen molar-refractivity contribution in [1.82, 2.24) is 10.2 Å². The van der Waals surface area contributed by atoms with E-state index in [1.807, 2.05) is 44.2 Å². The fourth-order valence-electron chi connectivity index (χ4n) is 3.91. The molecule has 0 aliphatic heterocycles. The second-order valence-corrected chi connectivity index (χ2v) is 11.0. The molecule has 0 aliphatic carbocycles. The molecule has 2 aromatic rings. The van der Waals surface area contributed by atoms with E-state index in [2.05, 4.69) is 5.32 Å². The largest absolute Gasteiger partial charge is 0.352 e. The molecule has 202 valence electrons. The summed E-state index contributed by atoms with van der Waals surface area (Å²) in [5, 5.41) is 14.2. The van der Waals surface area contributed by atoms with Crippen molar-refractivity contribution in [3.05, 3.63) is 69.8 Å². The zero-order valence-electron chi connectivity index (χ0n) is 22.0. The van der Waals surface area contributed by atoms with Gasteiger partial charge in [0.25, 0.3) is 5.69 Å². The number of benzene rings is 2. The van der Waals surface area contributed by atoms with Crippen molar-refractivity contribution in [2.75, 3.05) is 23.7 Å². The van der Waals surface area contributed by atoms with Gasteiger partial charge < -0.3 is 10.2 Å². The summed E-state index contributed by atoms with van der Waals surface area (Å²) < 4.78 is 26.4. The number of aryl methyl sites for hydroxylation is 1. The molecule has 2 amide bonds. The minimum atomic E-state index is -3.99. The van der Waals surface area contributed by atoms with Crippen LogP contribution in [0.5, 0.6) is 0 Å². The molecule has 10 nitrogen and oxygen atoms in total. The van der Waals surface area contributed by atoms with E-state index in [4.69, 9.17) is 0 Å². The normalized spacial score (nSPS) is 12.9. The predicted octanol–water partition coefficient (Wildman–Crippen LogP) is 3.43. The molecule has 0 aromatic heterocycles. The molecule has 37 heavy (non-hydrogen) atoms. The maximum atomic E-state index is 13.7. The average molecular weight is 533 g/mol. The van der Waals surface area contributed by atoms with Gasteiger partial charge in [-0.05, 0) is 44.2 Å². The van der Waals surface area contributed by atoms with Gasteiger partial charge >= 0.3 is 0 Å². The van der Waals surface area contributed by atoms with Crippen LogP contribution in [0.2, 0.25) is 0 Å². The molecule has 0 radical (unpaired) electrons. The number of rotatable bonds is 13. The quantitative estimate of drug-likeness (QED) is 0.311. The molecule has 0 saturated heterocycles. The van der Waals surface area contributed by atoms with E-state index in [1.54, 1.807) is 13.8 Å². The predicted molar refractivity (Wildman–Crippen MR) is 144 cm³/mol. The Morgan fingerprint density at radius 1 is 1.08 bits per heavy atom. The number of carbonyl (C=O) groups is 2. The van der Waals surface area contributed by atoms with Gasteiger partial charge in [0.2, 0.25) is 21.8 Å². The van der Waals surface area contributed by atoms with Gasteiger partial charge in [0.1, 0.15) is 12.6 Å². The topological polar surface area (TPSA) is 130 Å². The highest BCUT2D eigenvalue weighted by Gasteiger charge is 2.32. The summed E-state index contributed by atoms with van der Waals surface area (Å²) in [5.41, 5.74) is 1.18. The van der Waals surface area contributed by atoms with Crippen LogP contribution in [-0.4, -0.2) is 61.5 Å². The third-order valence-electron chi connectivity index (χ3n) is 6.22. The zero-order chi connectivity index (χ0) is 27.8. The lowest BCUT2D eigenvalue weighted by atomic mass is 10.1. The van der Waals surface area contributed by atoms with Gasteiger partial charge in [0.05, 0.1) is 16.9 Å². The third kappa shape index (κ3) is 8.28. The van der Waals surface area contributed by atoms with Crippen molar-refractivity contribution in [2.24, 2.45) is 0 Å². The maximum absolute atomic E-state index is 13.7. The second-order valence-electron chi connectivity index (χ2n) is 9.06. The van der Waals surface area contributed by atoms with Crippen LogP contribution in [0.1, 0.15) is 44.7 Å². The third-order valence-corrected chi connectivity index (χ3v) is 7.35. The Balaban J connectivity index is 2.45. The number of sulfonamides is 1. The van der Waals surface area contributed by atoms with Crippen LogP contribution >= 0.6 is 0 Å². The minimum Gasteiger partial charge on any atom is -0.352 e. The number of nitrogens with zero attached hydrogens (tertiary/aromatic N) is 3. The maximum Gasteiger partial charge on any atom is 0.271 e. The Labute approximate surface area is 218 Å². The highest BCUT2D eigenvalue weighted by Crippen LogP contribution is 2.28. The minimum absolute atomic E-state index is 0.0464. The van der Waals surface area contributed by atoms with E-state index in [1.165, 1.54) is 17.0 Å². The molecule has 11 heteroatoms. The van der Waals surface area contributed by atoms with Crippen molar-refractivity contribution in [2.45, 2.75) is 59.0 Å². The summed E-state index contributed by atoms with van der Waals surface area (Å²) in [5.74, 6) is -0.880. The van der Waals surface area contributed by atoms with Crippen LogP contribution < -0.4 is 9.62 Å². The Morgan fingerprint density at radius 3 is 2.27 bits per heavy atom. The summed E-state index contributed by atoms with van der Waals surface area (Å²) in [7, 11) is -3.99. The summed E-state index contributed by atoms with van der Waals surface area (Å²) in [6.45, 7) is 6.82. The molecule has 2 atom stereocenters. The molecule has 0 saturated carbocycles. The van der Waals surface area contributed by atoms with Crippen LogP contribution in [0, 0.1) is 17.0 Å². The Hall–Kier alpha value is -3.47. The molecule has 0 spiro atoms. The second kappa shape index (κ2) is 13.2. The van der Waals surface area contributed by atoms with Crippen LogP contribution in [0.15, 0.2) is 48.5 Å². The van der Waals surface area contributed by atoms with Crippen molar-refractivity contribution in [1.29, 1.82) is 0 Å². The smallest absolute Gasteiger partial charge is 0.271 e. The molecule has 1 N–H and O–H groups in total. The number of nitrogens with one attached hydrogen (secondary N) is 1. The van der Waals surface area contributed by atoms with Gasteiger partial charge in [-0.1, -0.05) is 50.2 Å². The van der Waals surface area contributed by atoms with Crippen molar-refractivity contribution in [3.63, 3.8) is 0 Å². The fraction of sp³-hybridized carbons (Fsp3) is 0.462. The van der Waals surface area contributed by atoms with Crippen LogP contribution in [0.25, 0.3) is 0 Å². The van der Waals surface area contributed by atoms with Gasteiger partial charge in [-0.2, -0.15) is 0 Å². The lowest BCUT2D eigenvalue weighted by molar-refractivity contribution is -0.384. The molecule has 0 bridgehead atoms. The highest BCUT2D eigenvalue weighted by molar-refractivity contribution is 7.92. The number of hydrogen-bond donors (Lipinski definition) is 1. The first kappa shape index (κ1) is 29.8. The standard InChI is InChI=1S/C26H36N4O6S/c1-6-20(4)27-26(32)23(7-2)28(16-15-21-11-9-8-10-12-21)25(31)18-29(37(5,35)36)24-17-22(30(33)34)14-13-19(24)3/h8-14,17,20,23H,6-7,15-16,18H2,1-5H3,(H,27,32)/t20-,23+/m0/s1. The molecule has 0 heterocycles. The van der Waals surface area contributed by atoms with Crippen molar-refractivity contribution >= 4 is 33.2 Å². The molecule has 2 aromatic carbocycles. The van der Waals surface area contributed by atoms with Crippen LogP contribution in [0.4, 0.5) is 11.4 Å². The van der Waals surface area contributed by atoms with Crippen LogP contribution in [-0.2, 0) is 26.0 Å². The van der Waals surface area contributed by atoms with E-state index in [0.29, 0.717) is 24.8 Å². The zero-order valence-corrected chi connectivity index (χ0v) is 22.8. The van der Waals surface area contributed by atoms with Gasteiger partial charge in [0.15, 0.2) is 0 Å². The van der Waals surface area contributed by atoms with Gasteiger partial charge in [-0.3, -0.25) is 24.0 Å². The summed E-state index contributed by atoms with van der Waals surface area (Å²) in [4.78, 5) is 38.9. The monoisotopic (exact) mass is 532 g/mol. The number of carbonyl (C=O) groups excluding carboxylic acids is 2. The number of nitro benzene ring substituents is 1. The number of hydrogen-bond acceptors (Lipinski definition) is 6. The van der Waals surface area contributed by atoms with Gasteiger partial charge in [0, 0.05) is 24.7 Å². The lowest BCUT2D eigenvalue weighted by Gasteiger charge is -2.33. The molecule has 0 unspecified atom stereocenters. The van der Waals surface area contributed by atoms with Gasteiger partial charge in [-0.15, -0.1) is 0 Å². The molecule has 0 fully saturated rings. The first-order chi connectivity index (χ1) is 17.4. The molecule has 0 aliphatic rings. The average Bonchev–Trinajstić information content (AvgIpc) is 2.85. The fourth-order valence-corrected chi connectivity index (χ4v) is 4.81. The Bertz CT molecular complexity index is 1200. The SMILES string of the molecule is CC[C@H](C(=O)N[C@@H](C)CC)N(CCc1ccccc1)C(=O)CN(c1cc([N+](=O)[O-])ccc1C)S(C)(=O)=O. The lowest BCUT2D eigenvalue weighted by Crippen LogP contribution is -2.54. The van der Waals surface area contributed by atoms with Crippen molar-refractivity contribution < 1.29 is 22.9 Å². The van der Waals surface area contributed by atoms with E-state index < -0.39 is 33.4 Å². The first-order valence-corrected chi connectivity index (χ1v) is 14.1. The Kier molecular flexibility index (Phi) is 10.6. The van der Waals surface area contributed by atoms with Gasteiger partial charge in [-0.25, -0.2) is 8.42 Å². The van der Waals surface area contributed by atoms with Crippen molar-refractivity contribution in [3.8, 4) is 0 Å². The van der Waals surface area contributed by atoms with E-state index in [-0.39, 0.29) is 29.9 Å². The highest BCUT2D eigenvalue weighted by atomic mass is 32.2. The van der Waals surface area contributed by atoms with E-state index >= 15 is 0 Å². The number of non-ortho nitro benzene ring substituents is 1. The number of anilines is 1. The summed E-state index contributed by atoms with van der Waals surface area (Å²) >= 11 is 0. The molecular weight excluding hydrogens is 496 g/mol. The van der Waals surface area contributed by atoms with E-state index in [0.717, 1.165) is 22.2 Å². The first-order valence-electron chi connectivity index (χ1n) is 12.3. The summed E-state index contributed by atoms with van der Waals surface area (Å²) in [6.07, 6.45) is 2.46. The Morgan fingerprint density at radius 2 is 1.73 bits per heavy atom.